The van der Waals surface area contributed by atoms with Crippen LogP contribution in [-0.2, 0) is 0 Å². The second kappa shape index (κ2) is 10.5. The van der Waals surface area contributed by atoms with Gasteiger partial charge in [-0.15, -0.1) is 0 Å². The molecule has 3 aromatic rings. The molecular weight excluding hydrogens is 460 g/mol. The number of allylic oxidation sites excluding steroid dienone is 1. The third-order valence-electron chi connectivity index (χ3n) is 6.29. The highest BCUT2D eigenvalue weighted by Crippen LogP contribution is 2.31. The molecule has 1 saturated heterocycles. The number of amides is 1. The quantitative estimate of drug-likeness (QED) is 0.286. The number of nitrogens with one attached hydrogen (secondary N) is 2. The summed E-state index contributed by atoms with van der Waals surface area (Å²) in [5.41, 5.74) is 9.73. The lowest BCUT2D eigenvalue weighted by molar-refractivity contribution is -0.0154. The van der Waals surface area contributed by atoms with Crippen molar-refractivity contribution in [1.29, 1.82) is 5.41 Å². The zero-order valence-electron chi connectivity index (χ0n) is 19.9. The number of anilines is 1. The van der Waals surface area contributed by atoms with Gasteiger partial charge in [-0.1, -0.05) is 6.07 Å². The molecule has 5 N–H and O–H groups in total. The number of hydrogen-bond acceptors (Lipinski definition) is 8. The van der Waals surface area contributed by atoms with E-state index in [9.17, 15) is 9.90 Å². The standard InChI is InChI=1S/C26H30N6O2S/c1-17(27)21(18(2)28)16-26(34)10-14-32(15-11-26)25(33)19-6-8-20(9-7-19)31-35-23-5-3-4-22-24(23)30-13-12-29-22/h3-9,12-13,27,31,34H,10-11,14-16,28H2,1-2H3/b21-18-,27-17?. The average molecular weight is 491 g/mol. The number of fused-ring (bicyclic) bond motifs is 1. The Labute approximate surface area is 209 Å². The van der Waals surface area contributed by atoms with E-state index in [1.165, 1.54) is 11.9 Å². The molecule has 2 heterocycles. The summed E-state index contributed by atoms with van der Waals surface area (Å²) in [5, 5.41) is 18.9. The monoisotopic (exact) mass is 490 g/mol. The molecule has 0 aliphatic carbocycles. The number of hydrogen-bond donors (Lipinski definition) is 4. The van der Waals surface area contributed by atoms with Crippen molar-refractivity contribution in [3.05, 3.63) is 71.7 Å². The number of nitrogens with two attached hydrogens (primary N) is 1. The van der Waals surface area contributed by atoms with Crippen molar-refractivity contribution >= 4 is 40.3 Å². The van der Waals surface area contributed by atoms with Crippen LogP contribution in [0.3, 0.4) is 0 Å². The molecule has 35 heavy (non-hydrogen) atoms. The maximum absolute atomic E-state index is 13.0. The Morgan fingerprint density at radius 3 is 2.49 bits per heavy atom. The lowest BCUT2D eigenvalue weighted by atomic mass is 9.83. The SMILES string of the molecule is CC(=N)/C(CC1(O)CCN(C(=O)c2ccc(NSc3cccc4nccnc34)cc2)CC1)=C(/C)N. The summed E-state index contributed by atoms with van der Waals surface area (Å²) in [7, 11) is 0. The smallest absolute Gasteiger partial charge is 0.253 e. The number of aromatic nitrogens is 2. The number of likely N-dealkylation sites (tertiary alicyclic amines) is 1. The van der Waals surface area contributed by atoms with Crippen molar-refractivity contribution in [3.63, 3.8) is 0 Å². The molecule has 0 bridgehead atoms. The Kier molecular flexibility index (Phi) is 7.37. The molecule has 9 heteroatoms. The van der Waals surface area contributed by atoms with E-state index < -0.39 is 5.60 Å². The first-order chi connectivity index (χ1) is 16.8. The van der Waals surface area contributed by atoms with Gasteiger partial charge in [0.05, 0.1) is 16.0 Å². The molecule has 2 aromatic carbocycles. The lowest BCUT2D eigenvalue weighted by Crippen LogP contribution is -2.47. The number of carbonyl (C=O) groups excluding carboxylic acids is 1. The van der Waals surface area contributed by atoms with Gasteiger partial charge in [-0.25, -0.2) is 0 Å². The molecule has 0 spiro atoms. The van der Waals surface area contributed by atoms with E-state index in [0.29, 0.717) is 54.9 Å². The summed E-state index contributed by atoms with van der Waals surface area (Å²) in [6.07, 6.45) is 4.60. The van der Waals surface area contributed by atoms with Crippen molar-refractivity contribution in [3.8, 4) is 0 Å². The van der Waals surface area contributed by atoms with Crippen LogP contribution in [0.4, 0.5) is 5.69 Å². The minimum absolute atomic E-state index is 0.0513. The zero-order valence-corrected chi connectivity index (χ0v) is 20.7. The largest absolute Gasteiger partial charge is 0.402 e. The van der Waals surface area contributed by atoms with Crippen molar-refractivity contribution < 1.29 is 9.90 Å². The van der Waals surface area contributed by atoms with Crippen LogP contribution in [0.5, 0.6) is 0 Å². The fourth-order valence-electron chi connectivity index (χ4n) is 4.23. The number of carbonyl (C=O) groups is 1. The second-order valence-electron chi connectivity index (χ2n) is 8.94. The molecule has 1 aliphatic rings. The average Bonchev–Trinajstić information content (AvgIpc) is 2.86. The fraction of sp³-hybridized carbons (Fsp3) is 0.308. The fourth-order valence-corrected chi connectivity index (χ4v) is 4.99. The van der Waals surface area contributed by atoms with Crippen LogP contribution in [0.15, 0.2) is 71.0 Å². The Balaban J connectivity index is 1.35. The van der Waals surface area contributed by atoms with Gasteiger partial charge in [-0.3, -0.25) is 14.8 Å². The molecule has 1 aliphatic heterocycles. The lowest BCUT2D eigenvalue weighted by Gasteiger charge is -2.39. The molecule has 1 aromatic heterocycles. The van der Waals surface area contributed by atoms with Crippen LogP contribution in [0.25, 0.3) is 11.0 Å². The van der Waals surface area contributed by atoms with Crippen LogP contribution >= 0.6 is 11.9 Å². The van der Waals surface area contributed by atoms with Gasteiger partial charge in [-0.05, 0) is 80.6 Å². The molecule has 182 valence electrons. The summed E-state index contributed by atoms with van der Waals surface area (Å²) in [4.78, 5) is 24.5. The van der Waals surface area contributed by atoms with E-state index in [4.69, 9.17) is 11.1 Å². The van der Waals surface area contributed by atoms with E-state index in [0.717, 1.165) is 21.6 Å². The van der Waals surface area contributed by atoms with Crippen molar-refractivity contribution in [1.82, 2.24) is 14.9 Å². The molecule has 0 atom stereocenters. The van der Waals surface area contributed by atoms with E-state index >= 15 is 0 Å². The van der Waals surface area contributed by atoms with E-state index in [-0.39, 0.29) is 5.91 Å². The van der Waals surface area contributed by atoms with Gasteiger partial charge in [0.25, 0.3) is 5.91 Å². The van der Waals surface area contributed by atoms with Gasteiger partial charge in [0.1, 0.15) is 5.52 Å². The van der Waals surface area contributed by atoms with Crippen molar-refractivity contribution in [2.45, 2.75) is 43.6 Å². The number of rotatable bonds is 7. The third kappa shape index (κ3) is 5.80. The van der Waals surface area contributed by atoms with Gasteiger partial charge in [0, 0.05) is 54.6 Å². The van der Waals surface area contributed by atoms with Crippen LogP contribution in [0.1, 0.15) is 43.5 Å². The number of nitrogens with zero attached hydrogens (tertiary/aromatic N) is 3. The Morgan fingerprint density at radius 2 is 1.83 bits per heavy atom. The topological polar surface area (TPSA) is 128 Å². The molecule has 8 nitrogen and oxygen atoms in total. The summed E-state index contributed by atoms with van der Waals surface area (Å²) in [5.74, 6) is -0.0513. The predicted octanol–water partition coefficient (Wildman–Crippen LogP) is 4.38. The highest BCUT2D eigenvalue weighted by Gasteiger charge is 2.35. The maximum Gasteiger partial charge on any atom is 0.253 e. The zero-order chi connectivity index (χ0) is 25.0. The molecule has 4 rings (SSSR count). The van der Waals surface area contributed by atoms with Crippen molar-refractivity contribution in [2.24, 2.45) is 5.73 Å². The predicted molar refractivity (Wildman–Crippen MR) is 140 cm³/mol. The van der Waals surface area contributed by atoms with Gasteiger partial charge in [0.15, 0.2) is 0 Å². The Morgan fingerprint density at radius 1 is 1.14 bits per heavy atom. The summed E-state index contributed by atoms with van der Waals surface area (Å²) < 4.78 is 3.30. The first kappa shape index (κ1) is 24.7. The molecule has 1 amide bonds. The Bertz CT molecular complexity index is 1260. The highest BCUT2D eigenvalue weighted by atomic mass is 32.2. The third-order valence-corrected chi connectivity index (χ3v) is 7.18. The first-order valence-corrected chi connectivity index (χ1v) is 12.3. The molecular formula is C26H30N6O2S. The van der Waals surface area contributed by atoms with Crippen molar-refractivity contribution in [2.75, 3.05) is 17.8 Å². The van der Waals surface area contributed by atoms with E-state index in [1.54, 1.807) is 31.1 Å². The van der Waals surface area contributed by atoms with Crippen LogP contribution in [-0.4, -0.2) is 50.3 Å². The van der Waals surface area contributed by atoms with Gasteiger partial charge in [-0.2, -0.15) is 0 Å². The molecule has 0 unspecified atom stereocenters. The number of piperidine rings is 1. The second-order valence-corrected chi connectivity index (χ2v) is 9.79. The summed E-state index contributed by atoms with van der Waals surface area (Å²) in [6, 6.07) is 13.2. The van der Waals surface area contributed by atoms with Crippen LogP contribution in [0, 0.1) is 5.41 Å². The first-order valence-electron chi connectivity index (χ1n) is 11.5. The van der Waals surface area contributed by atoms with Gasteiger partial charge < -0.3 is 25.9 Å². The van der Waals surface area contributed by atoms with Gasteiger partial charge >= 0.3 is 0 Å². The summed E-state index contributed by atoms with van der Waals surface area (Å²) in [6.45, 7) is 4.35. The van der Waals surface area contributed by atoms with Gasteiger partial charge in [0.2, 0.25) is 0 Å². The highest BCUT2D eigenvalue weighted by molar-refractivity contribution is 8.00. The van der Waals surface area contributed by atoms with E-state index in [2.05, 4.69) is 14.7 Å². The maximum atomic E-state index is 13.0. The number of benzene rings is 2. The van der Waals surface area contributed by atoms with E-state index in [1.807, 2.05) is 42.5 Å². The van der Waals surface area contributed by atoms with Crippen LogP contribution < -0.4 is 10.5 Å². The normalized spacial score (nSPS) is 16.0. The minimum atomic E-state index is -0.952. The van der Waals surface area contributed by atoms with Crippen LogP contribution in [0.2, 0.25) is 0 Å². The minimum Gasteiger partial charge on any atom is -0.402 e. The summed E-state index contributed by atoms with van der Waals surface area (Å²) >= 11 is 1.45. The molecule has 0 saturated carbocycles. The Hall–Kier alpha value is -3.43. The number of para-hydroxylation sites is 1. The molecule has 1 fully saturated rings. The number of aliphatic hydroxyl groups is 1. The molecule has 0 radical (unpaired) electrons.